The summed E-state index contributed by atoms with van der Waals surface area (Å²) in [4.78, 5) is 14.3. The third-order valence-corrected chi connectivity index (χ3v) is 4.28. The molecule has 3 rings (SSSR count). The summed E-state index contributed by atoms with van der Waals surface area (Å²) in [5, 5.41) is 0. The van der Waals surface area contributed by atoms with Gasteiger partial charge in [-0.15, -0.1) is 0 Å². The van der Waals surface area contributed by atoms with Gasteiger partial charge in [0.15, 0.2) is 18.1 Å². The van der Waals surface area contributed by atoms with Crippen LogP contribution >= 0.6 is 0 Å². The van der Waals surface area contributed by atoms with Gasteiger partial charge in [-0.2, -0.15) is 0 Å². The predicted octanol–water partition coefficient (Wildman–Crippen LogP) is 3.71. The number of hydrogen-bond acceptors (Lipinski definition) is 3. The normalized spacial score (nSPS) is 13.4. The van der Waals surface area contributed by atoms with E-state index in [0.29, 0.717) is 17.1 Å². The number of nitrogens with zero attached hydrogens (tertiary/aromatic N) is 1. The van der Waals surface area contributed by atoms with Crippen LogP contribution in [-0.2, 0) is 11.3 Å². The topological polar surface area (TPSA) is 38.8 Å². The van der Waals surface area contributed by atoms with Gasteiger partial charge in [0, 0.05) is 18.2 Å². The summed E-state index contributed by atoms with van der Waals surface area (Å²) in [5.74, 6) is 0.693. The van der Waals surface area contributed by atoms with E-state index in [0.717, 1.165) is 18.4 Å². The maximum absolute atomic E-state index is 13.9. The fourth-order valence-corrected chi connectivity index (χ4v) is 2.73. The van der Waals surface area contributed by atoms with Gasteiger partial charge in [0.05, 0.1) is 7.11 Å². The number of aryl methyl sites for hydroxylation is 1. The second-order valence-corrected chi connectivity index (χ2v) is 6.29. The SMILES string of the molecule is COc1cc(C)ccc1OCC(=O)N(Cc1ccccc1F)C1CC1. The maximum Gasteiger partial charge on any atom is 0.261 e. The van der Waals surface area contributed by atoms with Gasteiger partial charge >= 0.3 is 0 Å². The number of rotatable bonds is 7. The highest BCUT2D eigenvalue weighted by Crippen LogP contribution is 2.30. The molecule has 132 valence electrons. The summed E-state index contributed by atoms with van der Waals surface area (Å²) in [7, 11) is 1.57. The molecule has 0 radical (unpaired) electrons. The molecular formula is C20H22FNO3. The smallest absolute Gasteiger partial charge is 0.261 e. The highest BCUT2D eigenvalue weighted by molar-refractivity contribution is 5.78. The van der Waals surface area contributed by atoms with E-state index in [1.807, 2.05) is 19.1 Å². The van der Waals surface area contributed by atoms with Crippen molar-refractivity contribution in [1.82, 2.24) is 4.90 Å². The highest BCUT2D eigenvalue weighted by atomic mass is 19.1. The molecule has 0 saturated heterocycles. The Bertz CT molecular complexity index is 758. The van der Waals surface area contributed by atoms with E-state index in [4.69, 9.17) is 9.47 Å². The Kier molecular flexibility index (Phi) is 5.22. The minimum Gasteiger partial charge on any atom is -0.493 e. The van der Waals surface area contributed by atoms with Crippen LogP contribution in [0.2, 0.25) is 0 Å². The summed E-state index contributed by atoms with van der Waals surface area (Å²) >= 11 is 0. The van der Waals surface area contributed by atoms with Gasteiger partial charge in [-0.25, -0.2) is 4.39 Å². The lowest BCUT2D eigenvalue weighted by Crippen LogP contribution is -2.36. The van der Waals surface area contributed by atoms with Crippen molar-refractivity contribution in [2.45, 2.75) is 32.4 Å². The molecule has 1 fully saturated rings. The zero-order chi connectivity index (χ0) is 17.8. The molecule has 0 bridgehead atoms. The van der Waals surface area contributed by atoms with Gasteiger partial charge in [-0.3, -0.25) is 4.79 Å². The van der Waals surface area contributed by atoms with Gasteiger partial charge < -0.3 is 14.4 Å². The molecule has 2 aromatic rings. The van der Waals surface area contributed by atoms with E-state index < -0.39 is 0 Å². The van der Waals surface area contributed by atoms with Crippen molar-refractivity contribution in [2.75, 3.05) is 13.7 Å². The Balaban J connectivity index is 1.67. The number of carbonyl (C=O) groups is 1. The number of benzene rings is 2. The molecule has 4 nitrogen and oxygen atoms in total. The van der Waals surface area contributed by atoms with Crippen molar-refractivity contribution < 1.29 is 18.7 Å². The van der Waals surface area contributed by atoms with Gasteiger partial charge in [0.2, 0.25) is 0 Å². The molecule has 1 saturated carbocycles. The summed E-state index contributed by atoms with van der Waals surface area (Å²) in [5.41, 5.74) is 1.57. The molecular weight excluding hydrogens is 321 g/mol. The number of ether oxygens (including phenoxy) is 2. The van der Waals surface area contributed by atoms with Gasteiger partial charge in [-0.1, -0.05) is 24.3 Å². The third kappa shape index (κ3) is 4.29. The first-order valence-electron chi connectivity index (χ1n) is 8.39. The zero-order valence-corrected chi connectivity index (χ0v) is 14.5. The van der Waals surface area contributed by atoms with Crippen molar-refractivity contribution in [3.63, 3.8) is 0 Å². The molecule has 1 aliphatic carbocycles. The van der Waals surface area contributed by atoms with Crippen molar-refractivity contribution in [3.05, 3.63) is 59.4 Å². The van der Waals surface area contributed by atoms with E-state index in [9.17, 15) is 9.18 Å². The quantitative estimate of drug-likeness (QED) is 0.769. The van der Waals surface area contributed by atoms with Crippen LogP contribution in [0.25, 0.3) is 0 Å². The van der Waals surface area contributed by atoms with E-state index >= 15 is 0 Å². The molecule has 0 spiro atoms. The Morgan fingerprint density at radius 3 is 2.64 bits per heavy atom. The second-order valence-electron chi connectivity index (χ2n) is 6.29. The minimum atomic E-state index is -0.290. The summed E-state index contributed by atoms with van der Waals surface area (Å²) in [6, 6.07) is 12.3. The van der Waals surface area contributed by atoms with Crippen LogP contribution in [0.4, 0.5) is 4.39 Å². The molecule has 0 heterocycles. The molecule has 0 aromatic heterocycles. The largest absolute Gasteiger partial charge is 0.493 e. The van der Waals surface area contributed by atoms with Gasteiger partial charge in [0.1, 0.15) is 5.82 Å². The highest BCUT2D eigenvalue weighted by Gasteiger charge is 2.33. The van der Waals surface area contributed by atoms with E-state index in [-0.39, 0.29) is 30.9 Å². The van der Waals surface area contributed by atoms with Crippen LogP contribution in [-0.4, -0.2) is 30.6 Å². The van der Waals surface area contributed by atoms with Crippen LogP contribution in [0, 0.1) is 12.7 Å². The number of methoxy groups -OCH3 is 1. The van der Waals surface area contributed by atoms with Gasteiger partial charge in [0.25, 0.3) is 5.91 Å². The average molecular weight is 343 g/mol. The van der Waals surface area contributed by atoms with Crippen molar-refractivity contribution in [1.29, 1.82) is 0 Å². The van der Waals surface area contributed by atoms with Crippen LogP contribution < -0.4 is 9.47 Å². The number of carbonyl (C=O) groups excluding carboxylic acids is 1. The molecule has 1 amide bonds. The molecule has 0 N–H and O–H groups in total. The lowest BCUT2D eigenvalue weighted by atomic mass is 10.2. The van der Waals surface area contributed by atoms with Crippen LogP contribution in [0.1, 0.15) is 24.0 Å². The Morgan fingerprint density at radius 2 is 1.96 bits per heavy atom. The third-order valence-electron chi connectivity index (χ3n) is 4.28. The first kappa shape index (κ1) is 17.3. The number of amides is 1. The summed E-state index contributed by atoms with van der Waals surface area (Å²) in [6.45, 7) is 2.13. The molecule has 0 aliphatic heterocycles. The van der Waals surface area contributed by atoms with Crippen molar-refractivity contribution in [3.8, 4) is 11.5 Å². The van der Waals surface area contributed by atoms with Crippen LogP contribution in [0.3, 0.4) is 0 Å². The molecule has 0 atom stereocenters. The van der Waals surface area contributed by atoms with Gasteiger partial charge in [-0.05, 0) is 43.5 Å². The zero-order valence-electron chi connectivity index (χ0n) is 14.5. The standard InChI is InChI=1S/C20H22FNO3/c1-14-7-10-18(19(11-14)24-2)25-13-20(23)22(16-8-9-16)12-15-5-3-4-6-17(15)21/h3-7,10-11,16H,8-9,12-13H2,1-2H3. The average Bonchev–Trinajstić information content (AvgIpc) is 3.44. The molecule has 1 aliphatic rings. The summed E-state index contributed by atoms with van der Waals surface area (Å²) < 4.78 is 24.9. The second kappa shape index (κ2) is 7.55. The predicted molar refractivity (Wildman–Crippen MR) is 93.2 cm³/mol. The fourth-order valence-electron chi connectivity index (χ4n) is 2.73. The monoisotopic (exact) mass is 343 g/mol. The fraction of sp³-hybridized carbons (Fsp3) is 0.350. The number of halogens is 1. The number of hydrogen-bond donors (Lipinski definition) is 0. The Labute approximate surface area is 147 Å². The van der Waals surface area contributed by atoms with Crippen molar-refractivity contribution >= 4 is 5.91 Å². The molecule has 2 aromatic carbocycles. The molecule has 0 unspecified atom stereocenters. The van der Waals surface area contributed by atoms with E-state index in [1.54, 1.807) is 36.3 Å². The lowest BCUT2D eigenvalue weighted by molar-refractivity contribution is -0.134. The maximum atomic E-state index is 13.9. The first-order valence-corrected chi connectivity index (χ1v) is 8.39. The van der Waals surface area contributed by atoms with E-state index in [2.05, 4.69) is 0 Å². The molecule has 5 heteroatoms. The van der Waals surface area contributed by atoms with Crippen LogP contribution in [0.5, 0.6) is 11.5 Å². The minimum absolute atomic E-state index is 0.0929. The molecule has 25 heavy (non-hydrogen) atoms. The van der Waals surface area contributed by atoms with Crippen LogP contribution in [0.15, 0.2) is 42.5 Å². The first-order chi connectivity index (χ1) is 12.1. The lowest BCUT2D eigenvalue weighted by Gasteiger charge is -2.23. The summed E-state index contributed by atoms with van der Waals surface area (Å²) in [6.07, 6.45) is 1.90. The Morgan fingerprint density at radius 1 is 1.20 bits per heavy atom. The van der Waals surface area contributed by atoms with Crippen molar-refractivity contribution in [2.24, 2.45) is 0 Å². The Hall–Kier alpha value is -2.56. The van der Waals surface area contributed by atoms with E-state index in [1.165, 1.54) is 6.07 Å².